The quantitative estimate of drug-likeness (QED) is 0.437. The average molecular weight is 417 g/mol. The predicted octanol–water partition coefficient (Wildman–Crippen LogP) is 9.57. The molecule has 0 fully saturated rings. The van der Waals surface area contributed by atoms with Crippen LogP contribution in [-0.2, 0) is 0 Å². The lowest BCUT2D eigenvalue weighted by atomic mass is 9.79. The highest BCUT2D eigenvalue weighted by molar-refractivity contribution is 5.64. The van der Waals surface area contributed by atoms with Crippen molar-refractivity contribution in [1.29, 1.82) is 0 Å². The Bertz CT molecular complexity index is 717. The van der Waals surface area contributed by atoms with Gasteiger partial charge in [0.1, 0.15) is 11.6 Å². The Labute approximate surface area is 184 Å². The fourth-order valence-electron chi connectivity index (χ4n) is 2.19. The highest BCUT2D eigenvalue weighted by Crippen LogP contribution is 2.28. The first-order chi connectivity index (χ1) is 13.8. The molecule has 0 aliphatic heterocycles. The minimum atomic E-state index is -0.183. The summed E-state index contributed by atoms with van der Waals surface area (Å²) in [7, 11) is 0. The molecule has 0 aliphatic carbocycles. The predicted molar refractivity (Wildman–Crippen MR) is 132 cm³/mol. The van der Waals surface area contributed by atoms with Crippen molar-refractivity contribution in [2.75, 3.05) is 0 Å². The molecule has 0 unspecified atom stereocenters. The van der Waals surface area contributed by atoms with E-state index in [4.69, 9.17) is 0 Å². The third kappa shape index (κ3) is 13.1. The van der Waals surface area contributed by atoms with Crippen LogP contribution in [0.15, 0.2) is 61.7 Å². The summed E-state index contributed by atoms with van der Waals surface area (Å²) in [5.41, 5.74) is 3.87. The summed E-state index contributed by atoms with van der Waals surface area (Å²) in [4.78, 5) is 0. The van der Waals surface area contributed by atoms with Gasteiger partial charge in [-0.15, -0.1) is 6.58 Å². The summed E-state index contributed by atoms with van der Waals surface area (Å²) < 4.78 is 25.2. The molecule has 30 heavy (non-hydrogen) atoms. The van der Waals surface area contributed by atoms with Crippen molar-refractivity contribution < 1.29 is 8.78 Å². The lowest BCUT2D eigenvalue weighted by molar-refractivity contribution is 0.240. The molecular formula is C28H42F2. The first-order valence-corrected chi connectivity index (χ1v) is 10.5. The fourth-order valence-corrected chi connectivity index (χ4v) is 2.19. The molecule has 2 rings (SSSR count). The van der Waals surface area contributed by atoms with E-state index in [2.05, 4.69) is 47.8 Å². The van der Waals surface area contributed by atoms with E-state index in [9.17, 15) is 8.78 Å². The number of hydrogen-bond acceptors (Lipinski definition) is 0. The van der Waals surface area contributed by atoms with Gasteiger partial charge in [0, 0.05) is 5.56 Å². The van der Waals surface area contributed by atoms with Gasteiger partial charge in [-0.3, -0.25) is 0 Å². The van der Waals surface area contributed by atoms with Crippen molar-refractivity contribution in [2.45, 2.75) is 68.7 Å². The molecule has 0 spiro atoms. The van der Waals surface area contributed by atoms with E-state index in [1.807, 2.05) is 39.8 Å². The molecule has 0 aromatic heterocycles. The van der Waals surface area contributed by atoms with Gasteiger partial charge in [-0.1, -0.05) is 78.0 Å². The Kier molecular flexibility index (Phi) is 15.6. The molecule has 0 nitrogen and oxygen atoms in total. The number of aryl methyl sites for hydroxylation is 2. The molecule has 0 amide bonds. The van der Waals surface area contributed by atoms with Crippen LogP contribution in [0, 0.1) is 36.8 Å². The number of hydrogen-bond donors (Lipinski definition) is 0. The molecule has 2 heteroatoms. The second kappa shape index (κ2) is 15.6. The van der Waals surface area contributed by atoms with E-state index in [0.717, 1.165) is 22.6 Å². The van der Waals surface area contributed by atoms with Crippen LogP contribution in [-0.4, -0.2) is 0 Å². The highest BCUT2D eigenvalue weighted by Gasteiger charge is 2.18. The van der Waals surface area contributed by atoms with E-state index in [-0.39, 0.29) is 11.6 Å². The topological polar surface area (TPSA) is 0 Å². The summed E-state index contributed by atoms with van der Waals surface area (Å²) >= 11 is 0. The second-order valence-corrected chi connectivity index (χ2v) is 8.42. The van der Waals surface area contributed by atoms with E-state index in [1.54, 1.807) is 18.2 Å². The Morgan fingerprint density at radius 3 is 1.80 bits per heavy atom. The van der Waals surface area contributed by atoms with Gasteiger partial charge >= 0.3 is 0 Å². The first kappa shape index (κ1) is 30.0. The number of allylic oxidation sites excluding steroid dienone is 2. The molecular weight excluding hydrogens is 374 g/mol. The minimum absolute atomic E-state index is 0.162. The highest BCUT2D eigenvalue weighted by atomic mass is 19.1. The molecule has 0 saturated carbocycles. The Hall–Kier alpha value is -2.22. The molecule has 0 bridgehead atoms. The summed E-state index contributed by atoms with van der Waals surface area (Å²) in [5.74, 6) is 0.468. The van der Waals surface area contributed by atoms with Crippen LogP contribution < -0.4 is 0 Å². The molecule has 0 heterocycles. The van der Waals surface area contributed by atoms with Gasteiger partial charge < -0.3 is 0 Å². The molecule has 0 N–H and O–H groups in total. The number of rotatable bonds is 3. The van der Waals surface area contributed by atoms with Gasteiger partial charge in [-0.2, -0.15) is 0 Å². The molecule has 2 aromatic carbocycles. The zero-order chi connectivity index (χ0) is 23.9. The van der Waals surface area contributed by atoms with Crippen LogP contribution in [0.5, 0.6) is 0 Å². The van der Waals surface area contributed by atoms with Gasteiger partial charge in [-0.05, 0) is 73.9 Å². The fraction of sp³-hybridized carbons (Fsp3) is 0.429. The summed E-state index contributed by atoms with van der Waals surface area (Å²) in [6, 6.07) is 11.5. The van der Waals surface area contributed by atoms with Crippen molar-refractivity contribution in [1.82, 2.24) is 0 Å². The maximum atomic E-state index is 13.0. The van der Waals surface area contributed by atoms with E-state index >= 15 is 0 Å². The van der Waals surface area contributed by atoms with E-state index in [1.165, 1.54) is 24.6 Å². The second-order valence-electron chi connectivity index (χ2n) is 8.42. The molecule has 2 aromatic rings. The molecule has 0 saturated heterocycles. The zero-order valence-corrected chi connectivity index (χ0v) is 20.6. The average Bonchev–Trinajstić information content (AvgIpc) is 2.62. The monoisotopic (exact) mass is 416 g/mol. The minimum Gasteiger partial charge on any atom is -0.207 e. The maximum Gasteiger partial charge on any atom is 0.130 e. The van der Waals surface area contributed by atoms with E-state index in [0.29, 0.717) is 11.0 Å². The Balaban J connectivity index is 0. The van der Waals surface area contributed by atoms with Crippen molar-refractivity contribution in [2.24, 2.45) is 11.3 Å². The standard InChI is InChI=1S/C10H11F.C8H18.C7H7F.C3H6/c1-7(2)10-8(3)5-4-6-9(10)11;1-6-8(4,5)7(2)3;1-6-3-2-4-7(8)5-6;1-3-2/h4-6H,1H2,2-3H3;7H,6H2,1-5H3;2-5H,1H3;3H,1H2,2H3. The molecule has 0 radical (unpaired) electrons. The van der Waals surface area contributed by atoms with Gasteiger partial charge in [-0.25, -0.2) is 8.78 Å². The van der Waals surface area contributed by atoms with Crippen molar-refractivity contribution in [3.63, 3.8) is 0 Å². The van der Waals surface area contributed by atoms with Crippen LogP contribution in [0.1, 0.15) is 71.6 Å². The first-order valence-electron chi connectivity index (χ1n) is 10.5. The van der Waals surface area contributed by atoms with Crippen LogP contribution >= 0.6 is 0 Å². The van der Waals surface area contributed by atoms with Crippen LogP contribution in [0.2, 0.25) is 0 Å². The lowest BCUT2D eigenvalue weighted by Gasteiger charge is -2.27. The molecule has 168 valence electrons. The van der Waals surface area contributed by atoms with Gasteiger partial charge in [0.25, 0.3) is 0 Å². The Morgan fingerprint density at radius 1 is 1.07 bits per heavy atom. The third-order valence-electron chi connectivity index (χ3n) is 5.10. The molecule has 0 aliphatic rings. The summed E-state index contributed by atoms with van der Waals surface area (Å²) in [6.07, 6.45) is 3.03. The maximum absolute atomic E-state index is 13.0. The van der Waals surface area contributed by atoms with Gasteiger partial charge in [0.2, 0.25) is 0 Å². The van der Waals surface area contributed by atoms with Crippen molar-refractivity contribution in [3.8, 4) is 0 Å². The van der Waals surface area contributed by atoms with Crippen LogP contribution in [0.3, 0.4) is 0 Å². The SMILES string of the molecule is C=C(C)c1c(C)cccc1F.C=CC.CCC(C)(C)C(C)C.Cc1cccc(F)c1. The largest absolute Gasteiger partial charge is 0.207 e. The normalized spacial score (nSPS) is 9.87. The third-order valence-corrected chi connectivity index (χ3v) is 5.10. The van der Waals surface area contributed by atoms with Gasteiger partial charge in [0.15, 0.2) is 0 Å². The van der Waals surface area contributed by atoms with Crippen molar-refractivity contribution in [3.05, 3.63) is 90.0 Å². The summed E-state index contributed by atoms with van der Waals surface area (Å²) in [6.45, 7) is 26.0. The van der Waals surface area contributed by atoms with Crippen LogP contribution in [0.25, 0.3) is 5.57 Å². The number of benzene rings is 2. The molecule has 0 atom stereocenters. The van der Waals surface area contributed by atoms with E-state index < -0.39 is 0 Å². The zero-order valence-electron chi connectivity index (χ0n) is 20.6. The van der Waals surface area contributed by atoms with Crippen molar-refractivity contribution >= 4 is 5.57 Å². The smallest absolute Gasteiger partial charge is 0.130 e. The number of halogens is 2. The van der Waals surface area contributed by atoms with Crippen LogP contribution in [0.4, 0.5) is 8.78 Å². The Morgan fingerprint density at radius 2 is 1.57 bits per heavy atom. The van der Waals surface area contributed by atoms with Gasteiger partial charge in [0.05, 0.1) is 0 Å². The lowest BCUT2D eigenvalue weighted by Crippen LogP contribution is -2.17. The summed E-state index contributed by atoms with van der Waals surface area (Å²) in [5, 5.41) is 0.